The maximum absolute atomic E-state index is 11.9. The van der Waals surface area contributed by atoms with Crippen LogP contribution in [0.5, 0.6) is 5.75 Å². The molecule has 3 aromatic rings. The zero-order valence-corrected chi connectivity index (χ0v) is 17.5. The van der Waals surface area contributed by atoms with Gasteiger partial charge in [0, 0.05) is 48.2 Å². The summed E-state index contributed by atoms with van der Waals surface area (Å²) in [5.41, 5.74) is 4.14. The Morgan fingerprint density at radius 2 is 1.83 bits per heavy atom. The molecular formula is C24H26ClN3O2. The van der Waals surface area contributed by atoms with Gasteiger partial charge in [0.05, 0.1) is 0 Å². The van der Waals surface area contributed by atoms with Crippen LogP contribution in [0.25, 0.3) is 0 Å². The number of hydrogen-bond acceptors (Lipinski definition) is 4. The molecule has 1 fully saturated rings. The molecule has 0 saturated heterocycles. The average Bonchev–Trinajstić information content (AvgIpc) is 3.60. The lowest BCUT2D eigenvalue weighted by Crippen LogP contribution is -2.15. The molecule has 0 atom stereocenters. The van der Waals surface area contributed by atoms with Crippen molar-refractivity contribution in [1.29, 1.82) is 0 Å². The SMILES string of the molecule is Cl.O=C(Nc1cccc(CNCc2ccccc2OCc2cccnc2)c1)C1CC1. The third-order valence-corrected chi connectivity index (χ3v) is 4.88. The third kappa shape index (κ3) is 6.31. The second kappa shape index (κ2) is 10.8. The first-order valence-corrected chi connectivity index (χ1v) is 9.98. The van der Waals surface area contributed by atoms with E-state index in [0.29, 0.717) is 19.7 Å². The highest BCUT2D eigenvalue weighted by atomic mass is 35.5. The van der Waals surface area contributed by atoms with Crippen molar-refractivity contribution in [2.24, 2.45) is 5.92 Å². The van der Waals surface area contributed by atoms with Crippen LogP contribution in [0.1, 0.15) is 29.5 Å². The number of anilines is 1. The van der Waals surface area contributed by atoms with E-state index in [1.165, 1.54) is 0 Å². The van der Waals surface area contributed by atoms with E-state index in [1.54, 1.807) is 6.20 Å². The molecule has 1 saturated carbocycles. The fraction of sp³-hybridized carbons (Fsp3) is 0.250. The first-order chi connectivity index (χ1) is 14.3. The monoisotopic (exact) mass is 423 g/mol. The minimum atomic E-state index is 0. The van der Waals surface area contributed by atoms with Crippen LogP contribution in [0.3, 0.4) is 0 Å². The summed E-state index contributed by atoms with van der Waals surface area (Å²) in [7, 11) is 0. The van der Waals surface area contributed by atoms with Gasteiger partial charge in [0.1, 0.15) is 12.4 Å². The van der Waals surface area contributed by atoms with Gasteiger partial charge in [-0.3, -0.25) is 9.78 Å². The summed E-state index contributed by atoms with van der Waals surface area (Å²) in [6.45, 7) is 1.90. The lowest BCUT2D eigenvalue weighted by molar-refractivity contribution is -0.117. The molecular weight excluding hydrogens is 398 g/mol. The van der Waals surface area contributed by atoms with Gasteiger partial charge < -0.3 is 15.4 Å². The molecule has 1 heterocycles. The van der Waals surface area contributed by atoms with E-state index in [-0.39, 0.29) is 24.2 Å². The number of hydrogen-bond donors (Lipinski definition) is 2. The van der Waals surface area contributed by atoms with E-state index in [1.807, 2.05) is 54.7 Å². The molecule has 4 rings (SSSR count). The highest BCUT2D eigenvalue weighted by molar-refractivity contribution is 5.94. The Labute approximate surface area is 183 Å². The van der Waals surface area contributed by atoms with Crippen LogP contribution in [-0.4, -0.2) is 10.9 Å². The number of nitrogens with zero attached hydrogens (tertiary/aromatic N) is 1. The normalized spacial score (nSPS) is 12.7. The number of nitrogens with one attached hydrogen (secondary N) is 2. The Kier molecular flexibility index (Phi) is 7.82. The average molecular weight is 424 g/mol. The number of benzene rings is 2. The van der Waals surface area contributed by atoms with Crippen molar-refractivity contribution in [3.63, 3.8) is 0 Å². The third-order valence-electron chi connectivity index (χ3n) is 4.88. The summed E-state index contributed by atoms with van der Waals surface area (Å²) in [6, 6.07) is 20.0. The van der Waals surface area contributed by atoms with Crippen LogP contribution in [0.15, 0.2) is 73.1 Å². The maximum Gasteiger partial charge on any atom is 0.227 e. The second-order valence-corrected chi connectivity index (χ2v) is 7.33. The van der Waals surface area contributed by atoms with Crippen LogP contribution in [0, 0.1) is 5.92 Å². The predicted molar refractivity (Wildman–Crippen MR) is 121 cm³/mol. The van der Waals surface area contributed by atoms with E-state index in [0.717, 1.165) is 41.0 Å². The van der Waals surface area contributed by atoms with Crippen molar-refractivity contribution in [3.8, 4) is 5.75 Å². The first-order valence-electron chi connectivity index (χ1n) is 9.98. The molecule has 1 aliphatic carbocycles. The summed E-state index contributed by atoms with van der Waals surface area (Å²) in [4.78, 5) is 16.1. The van der Waals surface area contributed by atoms with Crippen molar-refractivity contribution in [2.45, 2.75) is 32.5 Å². The van der Waals surface area contributed by atoms with Gasteiger partial charge in [-0.1, -0.05) is 36.4 Å². The predicted octanol–water partition coefficient (Wildman–Crippen LogP) is 4.72. The molecule has 2 N–H and O–H groups in total. The van der Waals surface area contributed by atoms with Crippen LogP contribution >= 0.6 is 12.4 Å². The number of rotatable bonds is 9. The van der Waals surface area contributed by atoms with Crippen LogP contribution < -0.4 is 15.4 Å². The number of para-hydroxylation sites is 1. The largest absolute Gasteiger partial charge is 0.489 e. The number of carbonyl (C=O) groups excluding carboxylic acids is 1. The Morgan fingerprint density at radius 3 is 2.63 bits per heavy atom. The zero-order chi connectivity index (χ0) is 19.9. The molecule has 2 aromatic carbocycles. The van der Waals surface area contributed by atoms with Crippen LogP contribution in [-0.2, 0) is 24.5 Å². The maximum atomic E-state index is 11.9. The smallest absolute Gasteiger partial charge is 0.227 e. The van der Waals surface area contributed by atoms with Gasteiger partial charge in [-0.2, -0.15) is 0 Å². The van der Waals surface area contributed by atoms with Gasteiger partial charge in [0.25, 0.3) is 0 Å². The topological polar surface area (TPSA) is 63.2 Å². The Bertz CT molecular complexity index is 961. The number of carbonyl (C=O) groups is 1. The molecule has 1 aliphatic rings. The molecule has 1 amide bonds. The van der Waals surface area contributed by atoms with Crippen molar-refractivity contribution in [3.05, 3.63) is 89.7 Å². The van der Waals surface area contributed by atoms with E-state index in [2.05, 4.69) is 27.8 Å². The fourth-order valence-corrected chi connectivity index (χ4v) is 3.13. The second-order valence-electron chi connectivity index (χ2n) is 7.33. The van der Waals surface area contributed by atoms with E-state index in [9.17, 15) is 4.79 Å². The summed E-state index contributed by atoms with van der Waals surface area (Å²) in [5, 5.41) is 6.47. The van der Waals surface area contributed by atoms with Gasteiger partial charge in [0.15, 0.2) is 0 Å². The van der Waals surface area contributed by atoms with Gasteiger partial charge in [-0.15, -0.1) is 12.4 Å². The first kappa shape index (κ1) is 21.8. The minimum absolute atomic E-state index is 0. The summed E-state index contributed by atoms with van der Waals surface area (Å²) >= 11 is 0. The van der Waals surface area contributed by atoms with Crippen LogP contribution in [0.2, 0.25) is 0 Å². The molecule has 0 radical (unpaired) electrons. The van der Waals surface area contributed by atoms with Crippen LogP contribution in [0.4, 0.5) is 5.69 Å². The summed E-state index contributed by atoms with van der Waals surface area (Å²) in [6.07, 6.45) is 5.59. The fourth-order valence-electron chi connectivity index (χ4n) is 3.13. The minimum Gasteiger partial charge on any atom is -0.489 e. The molecule has 0 bridgehead atoms. The Balaban J connectivity index is 0.00000256. The molecule has 0 unspecified atom stereocenters. The van der Waals surface area contributed by atoms with E-state index in [4.69, 9.17) is 4.74 Å². The molecule has 30 heavy (non-hydrogen) atoms. The van der Waals surface area contributed by atoms with Crippen molar-refractivity contribution < 1.29 is 9.53 Å². The lowest BCUT2D eigenvalue weighted by atomic mass is 10.1. The van der Waals surface area contributed by atoms with Gasteiger partial charge in [0.2, 0.25) is 5.91 Å². The van der Waals surface area contributed by atoms with E-state index >= 15 is 0 Å². The van der Waals surface area contributed by atoms with Crippen molar-refractivity contribution in [1.82, 2.24) is 10.3 Å². The number of amides is 1. The zero-order valence-electron chi connectivity index (χ0n) is 16.7. The van der Waals surface area contributed by atoms with E-state index < -0.39 is 0 Å². The molecule has 0 aliphatic heterocycles. The Hall–Kier alpha value is -2.89. The highest BCUT2D eigenvalue weighted by Gasteiger charge is 2.29. The molecule has 1 aromatic heterocycles. The standard InChI is InChI=1S/C24H25N3O2.ClH/c28-24(20-10-11-20)27-22-8-3-5-18(13-22)14-26-16-21-7-1-2-9-23(21)29-17-19-6-4-12-25-15-19;/h1-9,12-13,15,20,26H,10-11,14,16-17H2,(H,27,28);1H. The molecule has 0 spiro atoms. The number of halogens is 1. The molecule has 156 valence electrons. The van der Waals surface area contributed by atoms with Crippen molar-refractivity contribution >= 4 is 24.0 Å². The van der Waals surface area contributed by atoms with Gasteiger partial charge >= 0.3 is 0 Å². The van der Waals surface area contributed by atoms with Gasteiger partial charge in [-0.25, -0.2) is 0 Å². The lowest BCUT2D eigenvalue weighted by Gasteiger charge is -2.13. The quantitative estimate of drug-likeness (QED) is 0.522. The number of aromatic nitrogens is 1. The number of pyridine rings is 1. The summed E-state index contributed by atoms with van der Waals surface area (Å²) in [5.74, 6) is 1.21. The number of ether oxygens (including phenoxy) is 1. The Morgan fingerprint density at radius 1 is 1.00 bits per heavy atom. The summed E-state index contributed by atoms with van der Waals surface area (Å²) < 4.78 is 5.99. The van der Waals surface area contributed by atoms with Crippen molar-refractivity contribution in [2.75, 3.05) is 5.32 Å². The molecule has 6 heteroatoms. The highest BCUT2D eigenvalue weighted by Crippen LogP contribution is 2.30. The van der Waals surface area contributed by atoms with Gasteiger partial charge in [-0.05, 0) is 42.7 Å². The molecule has 5 nitrogen and oxygen atoms in total.